The van der Waals surface area contributed by atoms with Crippen LogP contribution in [0.4, 0.5) is 11.4 Å². The molecule has 170 valence electrons. The number of anilines is 2. The Balaban J connectivity index is 1.37. The molecule has 0 spiro atoms. The Morgan fingerprint density at radius 3 is 2.48 bits per heavy atom. The number of hydrogen-bond donors (Lipinski definition) is 1. The van der Waals surface area contributed by atoms with Crippen LogP contribution >= 0.6 is 11.6 Å². The maximum absolute atomic E-state index is 12.4. The van der Waals surface area contributed by atoms with Gasteiger partial charge in [0.2, 0.25) is 5.91 Å². The van der Waals surface area contributed by atoms with Crippen LogP contribution < -0.4 is 10.2 Å². The lowest BCUT2D eigenvalue weighted by Gasteiger charge is -2.19. The summed E-state index contributed by atoms with van der Waals surface area (Å²) in [5, 5.41) is 7.71. The van der Waals surface area contributed by atoms with Gasteiger partial charge in [0.05, 0.1) is 39.0 Å². The monoisotopic (exact) mass is 466 g/mol. The van der Waals surface area contributed by atoms with E-state index in [0.29, 0.717) is 34.9 Å². The van der Waals surface area contributed by atoms with E-state index in [4.69, 9.17) is 16.3 Å². The fourth-order valence-electron chi connectivity index (χ4n) is 3.73. The maximum atomic E-state index is 12.4. The summed E-state index contributed by atoms with van der Waals surface area (Å²) in [6.07, 6.45) is 1.27. The first-order chi connectivity index (χ1) is 15.8. The Morgan fingerprint density at radius 2 is 1.85 bits per heavy atom. The number of rotatable bonds is 6. The molecule has 1 fully saturated rings. The molecule has 2 aromatic carbocycles. The number of benzene rings is 2. The summed E-state index contributed by atoms with van der Waals surface area (Å²) in [4.78, 5) is 38.5. The number of esters is 1. The fraction of sp³-hybridized carbons (Fsp3) is 0.250. The second-order valence-electron chi connectivity index (χ2n) is 7.73. The summed E-state index contributed by atoms with van der Waals surface area (Å²) in [6, 6.07) is 13.7. The van der Waals surface area contributed by atoms with E-state index >= 15 is 0 Å². The molecule has 1 aromatic heterocycles. The van der Waals surface area contributed by atoms with E-state index in [0.717, 1.165) is 23.5 Å². The summed E-state index contributed by atoms with van der Waals surface area (Å²) in [7, 11) is 0. The number of carbonyl (C=O) groups excluding carboxylic acids is 3. The van der Waals surface area contributed by atoms with Gasteiger partial charge in [0, 0.05) is 13.0 Å². The molecule has 8 nitrogen and oxygen atoms in total. The molecule has 1 saturated heterocycles. The number of halogens is 1. The average molecular weight is 467 g/mol. The molecule has 0 aliphatic carbocycles. The normalized spacial score (nSPS) is 13.3. The Morgan fingerprint density at radius 1 is 1.12 bits per heavy atom. The molecule has 0 radical (unpaired) electrons. The molecule has 0 bridgehead atoms. The van der Waals surface area contributed by atoms with Crippen LogP contribution in [0.25, 0.3) is 5.69 Å². The zero-order valence-electron chi connectivity index (χ0n) is 18.3. The van der Waals surface area contributed by atoms with E-state index in [1.807, 2.05) is 13.8 Å². The van der Waals surface area contributed by atoms with E-state index in [9.17, 15) is 14.4 Å². The van der Waals surface area contributed by atoms with E-state index in [1.165, 1.54) is 0 Å². The summed E-state index contributed by atoms with van der Waals surface area (Å²) in [5.41, 5.74) is 3.73. The Kier molecular flexibility index (Phi) is 6.46. The van der Waals surface area contributed by atoms with E-state index in [1.54, 1.807) is 58.1 Å². The quantitative estimate of drug-likeness (QED) is 0.553. The number of amides is 2. The number of carbonyl (C=O) groups is 3. The lowest BCUT2D eigenvalue weighted by molar-refractivity contribution is -0.119. The zero-order chi connectivity index (χ0) is 23.5. The minimum absolute atomic E-state index is 0.0225. The van der Waals surface area contributed by atoms with Crippen molar-refractivity contribution in [1.29, 1.82) is 0 Å². The zero-order valence-corrected chi connectivity index (χ0v) is 19.1. The largest absolute Gasteiger partial charge is 0.452 e. The van der Waals surface area contributed by atoms with Gasteiger partial charge in [-0.15, -0.1) is 0 Å². The first kappa shape index (κ1) is 22.5. The molecule has 9 heteroatoms. The molecule has 2 amide bonds. The van der Waals surface area contributed by atoms with Gasteiger partial charge in [-0.3, -0.25) is 9.59 Å². The first-order valence-corrected chi connectivity index (χ1v) is 10.9. The topological polar surface area (TPSA) is 93.5 Å². The van der Waals surface area contributed by atoms with Crippen molar-refractivity contribution in [2.45, 2.75) is 26.7 Å². The van der Waals surface area contributed by atoms with E-state index in [2.05, 4.69) is 10.4 Å². The molecular formula is C24H23ClN4O4. The summed E-state index contributed by atoms with van der Waals surface area (Å²) >= 11 is 6.20. The number of ether oxygens (including phenoxy) is 1. The van der Waals surface area contributed by atoms with Crippen LogP contribution in [0.5, 0.6) is 0 Å². The van der Waals surface area contributed by atoms with Crippen LogP contribution in [0.15, 0.2) is 48.5 Å². The summed E-state index contributed by atoms with van der Waals surface area (Å²) in [5.74, 6) is -1.09. The van der Waals surface area contributed by atoms with Crippen molar-refractivity contribution in [3.63, 3.8) is 0 Å². The van der Waals surface area contributed by atoms with Crippen molar-refractivity contribution in [2.75, 3.05) is 23.4 Å². The molecule has 0 atom stereocenters. The highest BCUT2D eigenvalue weighted by molar-refractivity contribution is 6.31. The van der Waals surface area contributed by atoms with Crippen LogP contribution in [0.1, 0.15) is 34.6 Å². The number of aryl methyl sites for hydroxylation is 1. The molecule has 33 heavy (non-hydrogen) atoms. The first-order valence-electron chi connectivity index (χ1n) is 10.5. The van der Waals surface area contributed by atoms with Gasteiger partial charge in [0.25, 0.3) is 5.91 Å². The highest BCUT2D eigenvalue weighted by atomic mass is 35.5. The number of hydrogen-bond acceptors (Lipinski definition) is 5. The third kappa shape index (κ3) is 4.75. The number of para-hydroxylation sites is 2. The van der Waals surface area contributed by atoms with Crippen LogP contribution in [0.3, 0.4) is 0 Å². The molecule has 0 saturated carbocycles. The standard InChI is InChI=1S/C24H23ClN4O4/c1-15-23(25)16(2)29(27-15)18-11-9-17(10-12-18)24(32)33-14-21(30)26-19-6-3-4-7-20(19)28-13-5-8-22(28)31/h3-4,6-7,9-12H,5,8,13-14H2,1-2H3,(H,26,30). The SMILES string of the molecule is Cc1nn(-c2ccc(C(=O)OCC(=O)Nc3ccccc3N3CCCC3=O)cc2)c(C)c1Cl. The Labute approximate surface area is 196 Å². The van der Waals surface area contributed by atoms with Crippen LogP contribution in [0.2, 0.25) is 5.02 Å². The molecule has 2 heterocycles. The summed E-state index contributed by atoms with van der Waals surface area (Å²) in [6.45, 7) is 3.85. The predicted molar refractivity (Wildman–Crippen MR) is 125 cm³/mol. The lowest BCUT2D eigenvalue weighted by atomic mass is 10.2. The molecule has 1 aliphatic rings. The third-order valence-electron chi connectivity index (χ3n) is 5.43. The van der Waals surface area contributed by atoms with Gasteiger partial charge < -0.3 is 15.0 Å². The average Bonchev–Trinajstić information content (AvgIpc) is 3.36. The van der Waals surface area contributed by atoms with Gasteiger partial charge in [-0.05, 0) is 56.7 Å². The van der Waals surface area contributed by atoms with Crippen molar-refractivity contribution < 1.29 is 19.1 Å². The van der Waals surface area contributed by atoms with E-state index in [-0.39, 0.29) is 5.91 Å². The van der Waals surface area contributed by atoms with Crippen LogP contribution in [-0.2, 0) is 14.3 Å². The number of aromatic nitrogens is 2. The van der Waals surface area contributed by atoms with E-state index < -0.39 is 18.5 Å². The highest BCUT2D eigenvalue weighted by Crippen LogP contribution is 2.29. The van der Waals surface area contributed by atoms with Crippen LogP contribution in [-0.4, -0.2) is 40.7 Å². The van der Waals surface area contributed by atoms with Gasteiger partial charge in [0.15, 0.2) is 6.61 Å². The van der Waals surface area contributed by atoms with Crippen LogP contribution in [0, 0.1) is 13.8 Å². The lowest BCUT2D eigenvalue weighted by Crippen LogP contribution is -2.27. The Hall–Kier alpha value is -3.65. The minimum atomic E-state index is -0.619. The molecule has 1 N–H and O–H groups in total. The fourth-order valence-corrected chi connectivity index (χ4v) is 3.85. The molecule has 4 rings (SSSR count). The van der Waals surface area contributed by atoms with Gasteiger partial charge in [-0.25, -0.2) is 9.48 Å². The van der Waals surface area contributed by atoms with Crippen molar-refractivity contribution in [1.82, 2.24) is 9.78 Å². The smallest absolute Gasteiger partial charge is 0.338 e. The molecule has 1 aliphatic heterocycles. The van der Waals surface area contributed by atoms with Gasteiger partial charge in [-0.2, -0.15) is 5.10 Å². The predicted octanol–water partition coefficient (Wildman–Crippen LogP) is 4.06. The molecule has 3 aromatic rings. The van der Waals surface area contributed by atoms with Gasteiger partial charge in [0.1, 0.15) is 0 Å². The molecule has 0 unspecified atom stereocenters. The van der Waals surface area contributed by atoms with Gasteiger partial charge in [-0.1, -0.05) is 23.7 Å². The second-order valence-corrected chi connectivity index (χ2v) is 8.11. The highest BCUT2D eigenvalue weighted by Gasteiger charge is 2.24. The number of nitrogens with zero attached hydrogens (tertiary/aromatic N) is 3. The van der Waals surface area contributed by atoms with Crippen molar-refractivity contribution in [2.24, 2.45) is 0 Å². The third-order valence-corrected chi connectivity index (χ3v) is 5.97. The molecular weight excluding hydrogens is 444 g/mol. The summed E-state index contributed by atoms with van der Waals surface area (Å²) < 4.78 is 6.86. The second kappa shape index (κ2) is 9.46. The number of nitrogens with one attached hydrogen (secondary N) is 1. The van der Waals surface area contributed by atoms with Crippen molar-refractivity contribution in [3.05, 3.63) is 70.5 Å². The maximum Gasteiger partial charge on any atom is 0.338 e. The van der Waals surface area contributed by atoms with Crippen molar-refractivity contribution in [3.8, 4) is 5.69 Å². The Bertz CT molecular complexity index is 1220. The van der Waals surface area contributed by atoms with Crippen molar-refractivity contribution >= 4 is 40.8 Å². The van der Waals surface area contributed by atoms with Gasteiger partial charge >= 0.3 is 5.97 Å². The minimum Gasteiger partial charge on any atom is -0.452 e.